The standard InChI is InChI=1S/C15H28N2O/c18-15(6-8-16-9-7-15)12-17-10-5-13-3-1-2-4-14(13)11-17/h13-14,16,18H,1-12H2. The molecule has 0 radical (unpaired) electrons. The first-order valence-electron chi connectivity index (χ1n) is 7.91. The van der Waals surface area contributed by atoms with Crippen molar-refractivity contribution in [2.45, 2.75) is 50.5 Å². The fraction of sp³-hybridized carbons (Fsp3) is 1.00. The number of nitrogens with one attached hydrogen (secondary N) is 1. The molecule has 3 heteroatoms. The molecule has 0 spiro atoms. The van der Waals surface area contributed by atoms with Crippen molar-refractivity contribution < 1.29 is 5.11 Å². The van der Waals surface area contributed by atoms with Crippen LogP contribution in [0.15, 0.2) is 0 Å². The third-order valence-corrected chi connectivity index (χ3v) is 5.43. The van der Waals surface area contributed by atoms with Crippen molar-refractivity contribution in [3.63, 3.8) is 0 Å². The first kappa shape index (κ1) is 12.9. The van der Waals surface area contributed by atoms with E-state index in [1.165, 1.54) is 45.2 Å². The van der Waals surface area contributed by atoms with Gasteiger partial charge in [0.05, 0.1) is 5.60 Å². The summed E-state index contributed by atoms with van der Waals surface area (Å²) < 4.78 is 0. The van der Waals surface area contributed by atoms with E-state index < -0.39 is 5.60 Å². The van der Waals surface area contributed by atoms with E-state index in [1.807, 2.05) is 0 Å². The Hall–Kier alpha value is -0.120. The fourth-order valence-corrected chi connectivity index (χ4v) is 4.29. The molecule has 1 aliphatic carbocycles. The molecule has 3 aliphatic rings. The highest BCUT2D eigenvalue weighted by Gasteiger charge is 2.36. The van der Waals surface area contributed by atoms with Crippen molar-refractivity contribution in [3.05, 3.63) is 0 Å². The maximum atomic E-state index is 10.6. The fourth-order valence-electron chi connectivity index (χ4n) is 4.29. The SMILES string of the molecule is OC1(CN2CCC3CCCCC3C2)CCNCC1. The lowest BCUT2D eigenvalue weighted by Crippen LogP contribution is -2.53. The molecule has 3 fully saturated rings. The quantitative estimate of drug-likeness (QED) is 0.784. The monoisotopic (exact) mass is 252 g/mol. The van der Waals surface area contributed by atoms with Crippen LogP contribution in [0.4, 0.5) is 0 Å². The van der Waals surface area contributed by atoms with E-state index >= 15 is 0 Å². The molecule has 2 unspecified atom stereocenters. The maximum absolute atomic E-state index is 10.6. The van der Waals surface area contributed by atoms with E-state index in [9.17, 15) is 5.11 Å². The van der Waals surface area contributed by atoms with Crippen LogP contribution in [0.1, 0.15) is 44.9 Å². The predicted molar refractivity (Wildman–Crippen MR) is 73.6 cm³/mol. The van der Waals surface area contributed by atoms with Gasteiger partial charge in [0.1, 0.15) is 0 Å². The number of piperidine rings is 2. The third-order valence-electron chi connectivity index (χ3n) is 5.43. The van der Waals surface area contributed by atoms with Gasteiger partial charge in [-0.05, 0) is 57.2 Å². The lowest BCUT2D eigenvalue weighted by atomic mass is 9.75. The molecule has 2 atom stereocenters. The van der Waals surface area contributed by atoms with Gasteiger partial charge in [0, 0.05) is 13.1 Å². The van der Waals surface area contributed by atoms with Crippen LogP contribution in [-0.2, 0) is 0 Å². The number of nitrogens with zero attached hydrogens (tertiary/aromatic N) is 1. The smallest absolute Gasteiger partial charge is 0.0798 e. The first-order valence-corrected chi connectivity index (χ1v) is 7.91. The molecule has 2 heterocycles. The van der Waals surface area contributed by atoms with Crippen LogP contribution in [-0.4, -0.2) is 48.3 Å². The average molecular weight is 252 g/mol. The van der Waals surface area contributed by atoms with Gasteiger partial charge >= 0.3 is 0 Å². The molecular formula is C15H28N2O. The zero-order valence-corrected chi connectivity index (χ0v) is 11.5. The van der Waals surface area contributed by atoms with Gasteiger partial charge in [-0.25, -0.2) is 0 Å². The number of hydrogen-bond donors (Lipinski definition) is 2. The number of hydrogen-bond acceptors (Lipinski definition) is 3. The number of aliphatic hydroxyl groups is 1. The maximum Gasteiger partial charge on any atom is 0.0798 e. The molecule has 0 aromatic rings. The Bertz CT molecular complexity index is 276. The minimum atomic E-state index is -0.410. The van der Waals surface area contributed by atoms with E-state index in [1.54, 1.807) is 0 Å². The van der Waals surface area contributed by atoms with Gasteiger partial charge in [-0.2, -0.15) is 0 Å². The summed E-state index contributed by atoms with van der Waals surface area (Å²) in [5.74, 6) is 1.93. The second kappa shape index (κ2) is 5.48. The van der Waals surface area contributed by atoms with E-state index in [0.29, 0.717) is 0 Å². The molecular weight excluding hydrogens is 224 g/mol. The molecule has 0 aromatic heterocycles. The highest BCUT2D eigenvalue weighted by Crippen LogP contribution is 2.36. The minimum absolute atomic E-state index is 0.410. The van der Waals surface area contributed by atoms with Crippen LogP contribution in [0.5, 0.6) is 0 Å². The molecule has 104 valence electrons. The Balaban J connectivity index is 1.54. The van der Waals surface area contributed by atoms with Crippen molar-refractivity contribution in [2.24, 2.45) is 11.8 Å². The molecule has 0 amide bonds. The summed E-state index contributed by atoms with van der Waals surface area (Å²) in [4.78, 5) is 2.55. The van der Waals surface area contributed by atoms with Crippen LogP contribution < -0.4 is 5.32 Å². The van der Waals surface area contributed by atoms with Gasteiger partial charge < -0.3 is 15.3 Å². The lowest BCUT2D eigenvalue weighted by molar-refractivity contribution is -0.0387. The Morgan fingerprint density at radius 1 is 1.06 bits per heavy atom. The topological polar surface area (TPSA) is 35.5 Å². The predicted octanol–water partition coefficient (Wildman–Crippen LogP) is 1.61. The summed E-state index contributed by atoms with van der Waals surface area (Å²) in [5.41, 5.74) is -0.410. The van der Waals surface area contributed by atoms with E-state index in [2.05, 4.69) is 10.2 Å². The van der Waals surface area contributed by atoms with E-state index in [-0.39, 0.29) is 0 Å². The second-order valence-corrected chi connectivity index (χ2v) is 6.80. The molecule has 1 saturated carbocycles. The second-order valence-electron chi connectivity index (χ2n) is 6.80. The van der Waals surface area contributed by atoms with Crippen molar-refractivity contribution in [3.8, 4) is 0 Å². The van der Waals surface area contributed by atoms with Crippen LogP contribution in [0.3, 0.4) is 0 Å². The normalized spacial score (nSPS) is 37.2. The summed E-state index contributed by atoms with van der Waals surface area (Å²) in [5, 5.41) is 14.0. The molecule has 0 aromatic carbocycles. The highest BCUT2D eigenvalue weighted by atomic mass is 16.3. The van der Waals surface area contributed by atoms with Crippen LogP contribution in [0, 0.1) is 11.8 Å². The number of fused-ring (bicyclic) bond motifs is 1. The van der Waals surface area contributed by atoms with Crippen LogP contribution >= 0.6 is 0 Å². The molecule has 3 nitrogen and oxygen atoms in total. The lowest BCUT2D eigenvalue weighted by Gasteiger charge is -2.44. The van der Waals surface area contributed by atoms with Gasteiger partial charge in [-0.3, -0.25) is 0 Å². The summed E-state index contributed by atoms with van der Waals surface area (Å²) in [6.07, 6.45) is 9.02. The molecule has 0 bridgehead atoms. The van der Waals surface area contributed by atoms with Crippen LogP contribution in [0.25, 0.3) is 0 Å². The van der Waals surface area contributed by atoms with Crippen LogP contribution in [0.2, 0.25) is 0 Å². The molecule has 2 aliphatic heterocycles. The summed E-state index contributed by atoms with van der Waals surface area (Å²) in [6.45, 7) is 5.35. The summed E-state index contributed by atoms with van der Waals surface area (Å²) in [7, 11) is 0. The van der Waals surface area contributed by atoms with Gasteiger partial charge in [0.2, 0.25) is 0 Å². The Labute approximate surface area is 111 Å². The third kappa shape index (κ3) is 2.89. The van der Waals surface area contributed by atoms with Gasteiger partial charge in [0.15, 0.2) is 0 Å². The van der Waals surface area contributed by atoms with Crippen molar-refractivity contribution in [1.82, 2.24) is 10.2 Å². The van der Waals surface area contributed by atoms with Crippen molar-refractivity contribution in [2.75, 3.05) is 32.7 Å². The molecule has 3 rings (SSSR count). The van der Waals surface area contributed by atoms with Crippen molar-refractivity contribution >= 4 is 0 Å². The Morgan fingerprint density at radius 3 is 2.56 bits per heavy atom. The number of β-amino-alcohol motifs (C(OH)–C–C–N with tert-alkyl or cyclic N) is 1. The molecule has 2 N–H and O–H groups in total. The van der Waals surface area contributed by atoms with Gasteiger partial charge in [-0.15, -0.1) is 0 Å². The Morgan fingerprint density at radius 2 is 1.78 bits per heavy atom. The highest BCUT2D eigenvalue weighted by molar-refractivity contribution is 4.91. The number of rotatable bonds is 2. The number of likely N-dealkylation sites (tertiary alicyclic amines) is 1. The summed E-state index contributed by atoms with van der Waals surface area (Å²) in [6, 6.07) is 0. The van der Waals surface area contributed by atoms with Gasteiger partial charge in [-0.1, -0.05) is 19.3 Å². The molecule has 18 heavy (non-hydrogen) atoms. The molecule has 2 saturated heterocycles. The Kier molecular flexibility index (Phi) is 3.92. The van der Waals surface area contributed by atoms with Crippen molar-refractivity contribution in [1.29, 1.82) is 0 Å². The summed E-state index contributed by atoms with van der Waals surface area (Å²) >= 11 is 0. The zero-order valence-electron chi connectivity index (χ0n) is 11.5. The van der Waals surface area contributed by atoms with Gasteiger partial charge in [0.25, 0.3) is 0 Å². The minimum Gasteiger partial charge on any atom is -0.388 e. The largest absolute Gasteiger partial charge is 0.388 e. The van der Waals surface area contributed by atoms with E-state index in [4.69, 9.17) is 0 Å². The van der Waals surface area contributed by atoms with E-state index in [0.717, 1.165) is 44.3 Å². The average Bonchev–Trinajstić information content (AvgIpc) is 2.39. The zero-order chi connectivity index (χ0) is 12.4. The first-order chi connectivity index (χ1) is 8.75.